The van der Waals surface area contributed by atoms with Crippen LogP contribution >= 0.6 is 0 Å². The zero-order valence-electron chi connectivity index (χ0n) is 12.7. The van der Waals surface area contributed by atoms with Gasteiger partial charge in [-0.25, -0.2) is 0 Å². The molecule has 1 unspecified atom stereocenters. The second kappa shape index (κ2) is 6.35. The van der Waals surface area contributed by atoms with E-state index in [0.717, 1.165) is 13.1 Å². The maximum atomic E-state index is 3.57. The van der Waals surface area contributed by atoms with E-state index < -0.39 is 0 Å². The first-order valence-corrected chi connectivity index (χ1v) is 6.82. The molecule has 0 fully saturated rings. The highest BCUT2D eigenvalue weighted by Crippen LogP contribution is 2.10. The fourth-order valence-electron chi connectivity index (χ4n) is 1.86. The van der Waals surface area contributed by atoms with Gasteiger partial charge in [-0.3, -0.25) is 0 Å². The summed E-state index contributed by atoms with van der Waals surface area (Å²) in [5.41, 5.74) is 4.29. The molecular formula is C16H28N2. The molecule has 1 atom stereocenters. The summed E-state index contributed by atoms with van der Waals surface area (Å²) in [5, 5.41) is 7.09. The first kappa shape index (κ1) is 15.2. The monoisotopic (exact) mass is 248 g/mol. The summed E-state index contributed by atoms with van der Waals surface area (Å²) in [7, 11) is 0. The lowest BCUT2D eigenvalue weighted by atomic mass is 10.1. The van der Waals surface area contributed by atoms with E-state index >= 15 is 0 Å². The van der Waals surface area contributed by atoms with Gasteiger partial charge in [0.15, 0.2) is 0 Å². The van der Waals surface area contributed by atoms with E-state index in [1.165, 1.54) is 16.7 Å². The SMILES string of the molecule is Cc1ccc(CNC(C)CNC(C)(C)C)c(C)c1. The van der Waals surface area contributed by atoms with Crippen LogP contribution in [-0.2, 0) is 6.54 Å². The highest BCUT2D eigenvalue weighted by molar-refractivity contribution is 5.30. The lowest BCUT2D eigenvalue weighted by Crippen LogP contribution is -2.44. The molecule has 102 valence electrons. The Bertz CT molecular complexity index is 377. The second-order valence-corrected chi connectivity index (χ2v) is 6.34. The zero-order chi connectivity index (χ0) is 13.8. The van der Waals surface area contributed by atoms with E-state index in [1.807, 2.05) is 0 Å². The van der Waals surface area contributed by atoms with Gasteiger partial charge in [-0.2, -0.15) is 0 Å². The standard InChI is InChI=1S/C16H28N2/c1-12-7-8-15(13(2)9-12)11-17-14(3)10-18-16(4,5)6/h7-9,14,17-18H,10-11H2,1-6H3. The third-order valence-electron chi connectivity index (χ3n) is 3.08. The average Bonchev–Trinajstić information content (AvgIpc) is 2.24. The molecule has 0 heterocycles. The first-order valence-electron chi connectivity index (χ1n) is 6.82. The van der Waals surface area contributed by atoms with Crippen molar-refractivity contribution in [2.24, 2.45) is 0 Å². The molecule has 0 radical (unpaired) electrons. The number of rotatable bonds is 5. The van der Waals surface area contributed by atoms with Gasteiger partial charge in [-0.05, 0) is 52.7 Å². The molecule has 0 saturated heterocycles. The predicted molar refractivity (Wildman–Crippen MR) is 80.0 cm³/mol. The molecule has 0 aliphatic heterocycles. The second-order valence-electron chi connectivity index (χ2n) is 6.34. The molecule has 0 aliphatic rings. The third-order valence-corrected chi connectivity index (χ3v) is 3.08. The molecule has 1 aromatic carbocycles. The Morgan fingerprint density at radius 1 is 1.17 bits per heavy atom. The minimum absolute atomic E-state index is 0.190. The largest absolute Gasteiger partial charge is 0.311 e. The molecule has 2 N–H and O–H groups in total. The maximum absolute atomic E-state index is 3.57. The topological polar surface area (TPSA) is 24.1 Å². The van der Waals surface area contributed by atoms with Crippen molar-refractivity contribution in [1.29, 1.82) is 0 Å². The van der Waals surface area contributed by atoms with Crippen molar-refractivity contribution in [3.8, 4) is 0 Å². The van der Waals surface area contributed by atoms with E-state index in [4.69, 9.17) is 0 Å². The first-order chi connectivity index (χ1) is 8.28. The molecule has 0 aromatic heterocycles. The Morgan fingerprint density at radius 3 is 2.39 bits per heavy atom. The van der Waals surface area contributed by atoms with Gasteiger partial charge in [0.05, 0.1) is 0 Å². The molecule has 0 aliphatic carbocycles. The van der Waals surface area contributed by atoms with Crippen LogP contribution in [0.5, 0.6) is 0 Å². The molecule has 18 heavy (non-hydrogen) atoms. The van der Waals surface area contributed by atoms with Gasteiger partial charge in [0.1, 0.15) is 0 Å². The van der Waals surface area contributed by atoms with Crippen molar-refractivity contribution in [3.05, 3.63) is 34.9 Å². The fourth-order valence-corrected chi connectivity index (χ4v) is 1.86. The Kier molecular flexibility index (Phi) is 5.36. The van der Waals surface area contributed by atoms with Gasteiger partial charge in [-0.1, -0.05) is 23.8 Å². The van der Waals surface area contributed by atoms with E-state index in [0.29, 0.717) is 6.04 Å². The van der Waals surface area contributed by atoms with E-state index in [1.54, 1.807) is 0 Å². The Labute approximate surface area is 112 Å². The van der Waals surface area contributed by atoms with Crippen molar-refractivity contribution in [2.75, 3.05) is 6.54 Å². The quantitative estimate of drug-likeness (QED) is 0.836. The third kappa shape index (κ3) is 5.65. The summed E-state index contributed by atoms with van der Waals surface area (Å²) >= 11 is 0. The van der Waals surface area contributed by atoms with Crippen LogP contribution in [-0.4, -0.2) is 18.1 Å². The van der Waals surface area contributed by atoms with Crippen molar-refractivity contribution >= 4 is 0 Å². The lowest BCUT2D eigenvalue weighted by Gasteiger charge is -2.24. The van der Waals surface area contributed by atoms with E-state index in [-0.39, 0.29) is 5.54 Å². The molecular weight excluding hydrogens is 220 g/mol. The maximum Gasteiger partial charge on any atom is 0.0211 e. The normalized spacial score (nSPS) is 13.7. The molecule has 2 heteroatoms. The van der Waals surface area contributed by atoms with Crippen LogP contribution < -0.4 is 10.6 Å². The van der Waals surface area contributed by atoms with Gasteiger partial charge in [-0.15, -0.1) is 0 Å². The number of hydrogen-bond acceptors (Lipinski definition) is 2. The number of benzene rings is 1. The minimum Gasteiger partial charge on any atom is -0.311 e. The van der Waals surface area contributed by atoms with Gasteiger partial charge in [0, 0.05) is 24.7 Å². The molecule has 0 spiro atoms. The van der Waals surface area contributed by atoms with Crippen LogP contribution in [0.25, 0.3) is 0 Å². The summed E-state index contributed by atoms with van der Waals surface area (Å²) in [6.07, 6.45) is 0. The molecule has 2 nitrogen and oxygen atoms in total. The van der Waals surface area contributed by atoms with E-state index in [9.17, 15) is 0 Å². The zero-order valence-corrected chi connectivity index (χ0v) is 12.7. The molecule has 0 amide bonds. The summed E-state index contributed by atoms with van der Waals surface area (Å²) in [4.78, 5) is 0. The van der Waals surface area contributed by atoms with Crippen LogP contribution in [0.1, 0.15) is 44.4 Å². The van der Waals surface area contributed by atoms with Crippen LogP contribution in [0.15, 0.2) is 18.2 Å². The molecule has 0 bridgehead atoms. The highest BCUT2D eigenvalue weighted by Gasteiger charge is 2.10. The number of hydrogen-bond donors (Lipinski definition) is 2. The number of nitrogens with one attached hydrogen (secondary N) is 2. The average molecular weight is 248 g/mol. The molecule has 1 aromatic rings. The van der Waals surface area contributed by atoms with Gasteiger partial charge < -0.3 is 10.6 Å². The van der Waals surface area contributed by atoms with Gasteiger partial charge in [0.25, 0.3) is 0 Å². The van der Waals surface area contributed by atoms with Crippen LogP contribution in [0.3, 0.4) is 0 Å². The fraction of sp³-hybridized carbons (Fsp3) is 0.625. The summed E-state index contributed by atoms with van der Waals surface area (Å²) in [5.74, 6) is 0. The van der Waals surface area contributed by atoms with Gasteiger partial charge >= 0.3 is 0 Å². The van der Waals surface area contributed by atoms with Crippen LogP contribution in [0.2, 0.25) is 0 Å². The lowest BCUT2D eigenvalue weighted by molar-refractivity contribution is 0.387. The van der Waals surface area contributed by atoms with E-state index in [2.05, 4.69) is 70.4 Å². The summed E-state index contributed by atoms with van der Waals surface area (Å²) in [6, 6.07) is 7.13. The Hall–Kier alpha value is -0.860. The van der Waals surface area contributed by atoms with Crippen molar-refractivity contribution < 1.29 is 0 Å². The highest BCUT2D eigenvalue weighted by atomic mass is 15.0. The summed E-state index contributed by atoms with van der Waals surface area (Å²) in [6.45, 7) is 15.1. The van der Waals surface area contributed by atoms with Crippen molar-refractivity contribution in [3.63, 3.8) is 0 Å². The van der Waals surface area contributed by atoms with Crippen LogP contribution in [0.4, 0.5) is 0 Å². The van der Waals surface area contributed by atoms with Crippen molar-refractivity contribution in [1.82, 2.24) is 10.6 Å². The minimum atomic E-state index is 0.190. The Morgan fingerprint density at radius 2 is 1.83 bits per heavy atom. The molecule has 0 saturated carbocycles. The van der Waals surface area contributed by atoms with Gasteiger partial charge in [0.2, 0.25) is 0 Å². The molecule has 1 rings (SSSR count). The smallest absolute Gasteiger partial charge is 0.0211 e. The number of aryl methyl sites for hydroxylation is 2. The van der Waals surface area contributed by atoms with Crippen LogP contribution in [0, 0.1) is 13.8 Å². The predicted octanol–water partition coefficient (Wildman–Crippen LogP) is 3.17. The van der Waals surface area contributed by atoms with Crippen molar-refractivity contribution in [2.45, 2.75) is 59.7 Å². The summed E-state index contributed by atoms with van der Waals surface area (Å²) < 4.78 is 0. The Balaban J connectivity index is 2.40.